The lowest BCUT2D eigenvalue weighted by atomic mass is 10.00. The van der Waals surface area contributed by atoms with E-state index in [1.807, 2.05) is 16.9 Å². The van der Waals surface area contributed by atoms with Crippen LogP contribution in [0.1, 0.15) is 30.9 Å². The molecule has 2 aliphatic rings. The summed E-state index contributed by atoms with van der Waals surface area (Å²) in [6.45, 7) is 2.66. The lowest BCUT2D eigenvalue weighted by molar-refractivity contribution is 0.226. The van der Waals surface area contributed by atoms with Gasteiger partial charge in [0, 0.05) is 37.1 Å². The summed E-state index contributed by atoms with van der Waals surface area (Å²) in [5.41, 5.74) is 3.79. The van der Waals surface area contributed by atoms with Crippen molar-refractivity contribution < 1.29 is 0 Å². The highest BCUT2D eigenvalue weighted by molar-refractivity contribution is 7.71. The first-order chi connectivity index (χ1) is 13.8. The Labute approximate surface area is 170 Å². The summed E-state index contributed by atoms with van der Waals surface area (Å²) in [5, 5.41) is 4.89. The molecule has 5 rings (SSSR count). The summed E-state index contributed by atoms with van der Waals surface area (Å²) in [4.78, 5) is 6.66. The van der Waals surface area contributed by atoms with E-state index in [1.165, 1.54) is 24.0 Å². The van der Waals surface area contributed by atoms with E-state index in [-0.39, 0.29) is 0 Å². The van der Waals surface area contributed by atoms with Gasteiger partial charge in [0.2, 0.25) is 0 Å². The molecule has 5 nitrogen and oxygen atoms in total. The van der Waals surface area contributed by atoms with Crippen molar-refractivity contribution in [3.8, 4) is 11.4 Å². The molecule has 142 valence electrons. The molecule has 0 atom stereocenters. The summed E-state index contributed by atoms with van der Waals surface area (Å²) >= 11 is 5.80. The standard InChI is InChI=1S/C22H23N5S/c28-22-26(16-25-13-10-18(11-14-25)17-5-2-1-3-6-17)24-21(27(22)20-8-9-20)19-7-4-12-23-15-19/h1-7,10,12,15,20H,8-9,11,13-14,16H2. The molecule has 28 heavy (non-hydrogen) atoms. The predicted octanol–water partition coefficient (Wildman–Crippen LogP) is 4.56. The second-order valence-corrected chi connectivity index (χ2v) is 7.88. The van der Waals surface area contributed by atoms with Crippen molar-refractivity contribution in [2.75, 3.05) is 13.1 Å². The molecule has 2 aromatic heterocycles. The molecule has 1 saturated carbocycles. The highest BCUT2D eigenvalue weighted by atomic mass is 32.1. The van der Waals surface area contributed by atoms with Crippen molar-refractivity contribution in [3.63, 3.8) is 0 Å². The van der Waals surface area contributed by atoms with Gasteiger partial charge in [-0.15, -0.1) is 0 Å². The fourth-order valence-electron chi connectivity index (χ4n) is 3.81. The smallest absolute Gasteiger partial charge is 0.199 e. The van der Waals surface area contributed by atoms with Gasteiger partial charge in [-0.2, -0.15) is 5.10 Å². The number of pyridine rings is 1. The SMILES string of the molecule is S=c1n(CN2CC=C(c3ccccc3)CC2)nc(-c2cccnc2)n1C1CC1. The minimum absolute atomic E-state index is 0.488. The first-order valence-corrected chi connectivity index (χ1v) is 10.3. The maximum absolute atomic E-state index is 5.80. The number of hydrogen-bond donors (Lipinski definition) is 0. The molecule has 0 N–H and O–H groups in total. The first kappa shape index (κ1) is 17.5. The number of benzene rings is 1. The summed E-state index contributed by atoms with van der Waals surface area (Å²) in [6.07, 6.45) is 9.41. The molecule has 3 aromatic rings. The third-order valence-corrected chi connectivity index (χ3v) is 5.88. The van der Waals surface area contributed by atoms with Gasteiger partial charge in [-0.1, -0.05) is 36.4 Å². The second-order valence-electron chi connectivity index (χ2n) is 7.51. The third kappa shape index (κ3) is 3.45. The Bertz CT molecular complexity index is 1050. The average molecular weight is 390 g/mol. The van der Waals surface area contributed by atoms with E-state index in [0.29, 0.717) is 6.04 Å². The number of aromatic nitrogens is 4. The summed E-state index contributed by atoms with van der Waals surface area (Å²) in [7, 11) is 0. The van der Waals surface area contributed by atoms with Gasteiger partial charge in [0.25, 0.3) is 0 Å². The van der Waals surface area contributed by atoms with E-state index >= 15 is 0 Å². The number of hydrogen-bond acceptors (Lipinski definition) is 4. The Balaban J connectivity index is 1.38. The largest absolute Gasteiger partial charge is 0.297 e. The predicted molar refractivity (Wildman–Crippen MR) is 113 cm³/mol. The van der Waals surface area contributed by atoms with Crippen molar-refractivity contribution in [1.29, 1.82) is 0 Å². The Morgan fingerprint density at radius 2 is 1.86 bits per heavy atom. The quantitative estimate of drug-likeness (QED) is 0.600. The van der Waals surface area contributed by atoms with Gasteiger partial charge in [0.1, 0.15) is 0 Å². The van der Waals surface area contributed by atoms with E-state index in [2.05, 4.69) is 56.9 Å². The summed E-state index contributed by atoms with van der Waals surface area (Å²) < 4.78 is 5.03. The van der Waals surface area contributed by atoms with Crippen LogP contribution < -0.4 is 0 Å². The van der Waals surface area contributed by atoms with E-state index < -0.39 is 0 Å². The monoisotopic (exact) mass is 389 g/mol. The van der Waals surface area contributed by atoms with Crippen LogP contribution in [-0.2, 0) is 6.67 Å². The van der Waals surface area contributed by atoms with Crippen molar-refractivity contribution >= 4 is 17.8 Å². The molecule has 0 bridgehead atoms. The van der Waals surface area contributed by atoms with Gasteiger partial charge in [0.05, 0.1) is 6.67 Å². The van der Waals surface area contributed by atoms with Gasteiger partial charge in [0.15, 0.2) is 10.6 Å². The molecule has 1 aliphatic carbocycles. The molecule has 0 amide bonds. The fraction of sp³-hybridized carbons (Fsp3) is 0.318. The highest BCUT2D eigenvalue weighted by Gasteiger charge is 2.29. The molecule has 0 saturated heterocycles. The zero-order valence-corrected chi connectivity index (χ0v) is 16.6. The molecular formula is C22H23N5S. The number of nitrogens with zero attached hydrogens (tertiary/aromatic N) is 5. The zero-order chi connectivity index (χ0) is 18.9. The molecule has 0 radical (unpaired) electrons. The minimum atomic E-state index is 0.488. The first-order valence-electron chi connectivity index (χ1n) is 9.86. The van der Waals surface area contributed by atoms with Gasteiger partial charge in [-0.3, -0.25) is 14.5 Å². The maximum Gasteiger partial charge on any atom is 0.199 e. The van der Waals surface area contributed by atoms with Crippen LogP contribution in [0.3, 0.4) is 0 Å². The molecular weight excluding hydrogens is 366 g/mol. The van der Waals surface area contributed by atoms with Crippen LogP contribution in [0.15, 0.2) is 60.9 Å². The highest BCUT2D eigenvalue weighted by Crippen LogP contribution is 2.38. The van der Waals surface area contributed by atoms with Gasteiger partial charge in [-0.25, -0.2) is 4.68 Å². The minimum Gasteiger partial charge on any atom is -0.297 e. The van der Waals surface area contributed by atoms with E-state index in [9.17, 15) is 0 Å². The number of rotatable bonds is 5. The molecule has 3 heterocycles. The van der Waals surface area contributed by atoms with Crippen LogP contribution in [0.4, 0.5) is 0 Å². The Kier molecular flexibility index (Phi) is 4.66. The Morgan fingerprint density at radius 1 is 1.04 bits per heavy atom. The lowest BCUT2D eigenvalue weighted by Gasteiger charge is -2.26. The summed E-state index contributed by atoms with van der Waals surface area (Å²) in [5.74, 6) is 0.943. The molecule has 1 fully saturated rings. The van der Waals surface area contributed by atoms with Gasteiger partial charge in [-0.05, 0) is 54.7 Å². The van der Waals surface area contributed by atoms with E-state index in [1.54, 1.807) is 6.20 Å². The van der Waals surface area contributed by atoms with Crippen LogP contribution in [0.2, 0.25) is 0 Å². The van der Waals surface area contributed by atoms with Gasteiger partial charge >= 0.3 is 0 Å². The molecule has 0 unspecified atom stereocenters. The fourth-order valence-corrected chi connectivity index (χ4v) is 4.14. The van der Waals surface area contributed by atoms with Crippen molar-refractivity contribution in [1.82, 2.24) is 24.2 Å². The van der Waals surface area contributed by atoms with Crippen molar-refractivity contribution in [3.05, 3.63) is 71.3 Å². The van der Waals surface area contributed by atoms with Crippen LogP contribution in [0.5, 0.6) is 0 Å². The zero-order valence-electron chi connectivity index (χ0n) is 15.7. The molecule has 1 aromatic carbocycles. The van der Waals surface area contributed by atoms with E-state index in [4.69, 9.17) is 17.3 Å². The summed E-state index contributed by atoms with van der Waals surface area (Å²) in [6, 6.07) is 15.2. The van der Waals surface area contributed by atoms with Gasteiger partial charge < -0.3 is 0 Å². The third-order valence-electron chi connectivity index (χ3n) is 5.47. The van der Waals surface area contributed by atoms with Crippen LogP contribution in [0.25, 0.3) is 17.0 Å². The lowest BCUT2D eigenvalue weighted by Crippen LogP contribution is -2.31. The normalized spacial score (nSPS) is 17.5. The molecule has 0 spiro atoms. The maximum atomic E-state index is 5.80. The Morgan fingerprint density at radius 3 is 2.54 bits per heavy atom. The second kappa shape index (κ2) is 7.45. The van der Waals surface area contributed by atoms with Crippen molar-refractivity contribution in [2.45, 2.75) is 32.0 Å². The van der Waals surface area contributed by atoms with Crippen LogP contribution in [-0.4, -0.2) is 37.3 Å². The topological polar surface area (TPSA) is 38.9 Å². The van der Waals surface area contributed by atoms with E-state index in [0.717, 1.165) is 42.3 Å². The average Bonchev–Trinajstić information content (AvgIpc) is 3.54. The van der Waals surface area contributed by atoms with Crippen molar-refractivity contribution in [2.24, 2.45) is 0 Å². The molecule has 6 heteroatoms. The van der Waals surface area contributed by atoms with Crippen LogP contribution >= 0.6 is 12.2 Å². The molecule has 1 aliphatic heterocycles. The Hall–Kier alpha value is -2.57. The van der Waals surface area contributed by atoms with Crippen LogP contribution in [0, 0.1) is 4.77 Å².